The first-order chi connectivity index (χ1) is 8.59. The van der Waals surface area contributed by atoms with E-state index in [1.54, 1.807) is 11.8 Å². The summed E-state index contributed by atoms with van der Waals surface area (Å²) in [7, 11) is 0. The third kappa shape index (κ3) is 6.07. The Kier molecular flexibility index (Phi) is 6.83. The lowest BCUT2D eigenvalue weighted by atomic mass is 10.1. The molecule has 1 unspecified atom stereocenters. The van der Waals surface area contributed by atoms with Gasteiger partial charge >= 0.3 is 5.97 Å². The van der Waals surface area contributed by atoms with E-state index in [0.717, 1.165) is 11.4 Å². The van der Waals surface area contributed by atoms with Gasteiger partial charge in [-0.25, -0.2) is 0 Å². The lowest BCUT2D eigenvalue weighted by Crippen LogP contribution is -2.32. The van der Waals surface area contributed by atoms with E-state index in [1.807, 2.05) is 30.3 Å². The molecule has 0 radical (unpaired) electrons. The van der Waals surface area contributed by atoms with Crippen molar-refractivity contribution in [2.24, 2.45) is 11.8 Å². The van der Waals surface area contributed by atoms with Gasteiger partial charge in [-0.1, -0.05) is 32.0 Å². The zero-order valence-corrected chi connectivity index (χ0v) is 11.7. The summed E-state index contributed by atoms with van der Waals surface area (Å²) in [5.41, 5.74) is 0. The van der Waals surface area contributed by atoms with Crippen LogP contribution in [0.15, 0.2) is 35.2 Å². The minimum atomic E-state index is -0.727. The van der Waals surface area contributed by atoms with Crippen LogP contribution in [0, 0.1) is 11.8 Å². The quantitative estimate of drug-likeness (QED) is 0.711. The molecule has 0 aliphatic carbocycles. The van der Waals surface area contributed by atoms with Crippen molar-refractivity contribution in [3.8, 4) is 0 Å². The zero-order valence-electron chi connectivity index (χ0n) is 10.9. The number of aliphatic carboxylic acids is 1. The Bertz CT molecular complexity index is 354. The van der Waals surface area contributed by atoms with Crippen LogP contribution in [0.1, 0.15) is 13.8 Å². The summed E-state index contributed by atoms with van der Waals surface area (Å²) in [6.07, 6.45) is 0. The molecule has 0 aliphatic rings. The highest BCUT2D eigenvalue weighted by molar-refractivity contribution is 7.99. The maximum absolute atomic E-state index is 11.1. The van der Waals surface area contributed by atoms with E-state index in [-0.39, 0.29) is 5.92 Å². The van der Waals surface area contributed by atoms with Crippen molar-refractivity contribution in [3.63, 3.8) is 0 Å². The van der Waals surface area contributed by atoms with E-state index in [9.17, 15) is 4.79 Å². The van der Waals surface area contributed by atoms with Crippen LogP contribution in [0.3, 0.4) is 0 Å². The molecule has 3 nitrogen and oxygen atoms in total. The molecule has 0 saturated carbocycles. The molecule has 0 fully saturated rings. The van der Waals surface area contributed by atoms with Gasteiger partial charge in [0.1, 0.15) is 0 Å². The van der Waals surface area contributed by atoms with Crippen LogP contribution in [0.2, 0.25) is 0 Å². The van der Waals surface area contributed by atoms with E-state index >= 15 is 0 Å². The number of benzene rings is 1. The highest BCUT2D eigenvalue weighted by atomic mass is 32.2. The van der Waals surface area contributed by atoms with Gasteiger partial charge in [0.25, 0.3) is 0 Å². The predicted octanol–water partition coefficient (Wildman–Crippen LogP) is 2.73. The van der Waals surface area contributed by atoms with Crippen molar-refractivity contribution in [1.82, 2.24) is 5.32 Å². The zero-order chi connectivity index (χ0) is 13.4. The normalized spacial score (nSPS) is 12.6. The van der Waals surface area contributed by atoms with E-state index in [2.05, 4.69) is 19.2 Å². The van der Waals surface area contributed by atoms with E-state index < -0.39 is 5.97 Å². The second-order valence-electron chi connectivity index (χ2n) is 4.71. The van der Waals surface area contributed by atoms with E-state index in [0.29, 0.717) is 18.2 Å². The molecule has 4 heteroatoms. The highest BCUT2D eigenvalue weighted by Gasteiger charge is 2.17. The second kappa shape index (κ2) is 8.16. The van der Waals surface area contributed by atoms with E-state index in [4.69, 9.17) is 5.11 Å². The molecule has 0 amide bonds. The maximum atomic E-state index is 11.1. The van der Waals surface area contributed by atoms with Crippen LogP contribution in [0.25, 0.3) is 0 Å². The Balaban J connectivity index is 2.36. The molecule has 0 aliphatic heterocycles. The molecule has 2 N–H and O–H groups in total. The smallest absolute Gasteiger partial charge is 0.308 e. The van der Waals surface area contributed by atoms with Crippen molar-refractivity contribution in [1.29, 1.82) is 0 Å². The molecule has 0 heterocycles. The van der Waals surface area contributed by atoms with E-state index in [1.165, 1.54) is 0 Å². The summed E-state index contributed by atoms with van der Waals surface area (Å²) in [6.45, 7) is 5.62. The van der Waals surface area contributed by atoms with Crippen LogP contribution in [0.4, 0.5) is 0 Å². The van der Waals surface area contributed by atoms with Gasteiger partial charge in [0.2, 0.25) is 0 Å². The van der Waals surface area contributed by atoms with Gasteiger partial charge in [-0.2, -0.15) is 0 Å². The Hall–Kier alpha value is -1.00. The summed E-state index contributed by atoms with van der Waals surface area (Å²) in [6, 6.07) is 9.91. The first-order valence-electron chi connectivity index (χ1n) is 6.21. The molecular formula is C14H21NO2S. The van der Waals surface area contributed by atoms with Gasteiger partial charge in [0.05, 0.1) is 5.92 Å². The summed E-state index contributed by atoms with van der Waals surface area (Å²) >= 11 is 1.59. The van der Waals surface area contributed by atoms with Crippen molar-refractivity contribution >= 4 is 17.7 Å². The largest absolute Gasteiger partial charge is 0.481 e. The fourth-order valence-corrected chi connectivity index (χ4v) is 2.48. The number of nitrogens with one attached hydrogen (secondary N) is 1. The van der Waals surface area contributed by atoms with Gasteiger partial charge in [-0.3, -0.25) is 4.79 Å². The van der Waals surface area contributed by atoms with Crippen LogP contribution in [-0.2, 0) is 4.79 Å². The van der Waals surface area contributed by atoms with Crippen molar-refractivity contribution < 1.29 is 9.90 Å². The van der Waals surface area contributed by atoms with Crippen molar-refractivity contribution in [3.05, 3.63) is 30.3 Å². The minimum Gasteiger partial charge on any atom is -0.481 e. The topological polar surface area (TPSA) is 49.3 Å². The van der Waals surface area contributed by atoms with Crippen molar-refractivity contribution in [2.45, 2.75) is 18.7 Å². The average molecular weight is 267 g/mol. The number of carboxylic acid groups (broad SMARTS) is 1. The Labute approximate surface area is 113 Å². The molecule has 0 aromatic heterocycles. The molecule has 1 aromatic rings. The fraction of sp³-hybridized carbons (Fsp3) is 0.500. The average Bonchev–Trinajstić information content (AvgIpc) is 2.34. The standard InChI is InChI=1S/C14H21NO2S/c1-11(2)8-15-9-12(14(16)17)10-18-13-6-4-3-5-7-13/h3-7,11-12,15H,8-10H2,1-2H3,(H,16,17). The molecule has 18 heavy (non-hydrogen) atoms. The third-order valence-corrected chi connectivity index (χ3v) is 3.66. The Morgan fingerprint density at radius 3 is 2.50 bits per heavy atom. The molecule has 1 atom stereocenters. The molecule has 0 bridgehead atoms. The number of hydrogen-bond donors (Lipinski definition) is 2. The van der Waals surface area contributed by atoms with Gasteiger partial charge in [-0.15, -0.1) is 11.8 Å². The van der Waals surface area contributed by atoms with Crippen LogP contribution < -0.4 is 5.32 Å². The number of carbonyl (C=O) groups is 1. The lowest BCUT2D eigenvalue weighted by molar-refractivity contribution is -0.140. The summed E-state index contributed by atoms with van der Waals surface area (Å²) in [5, 5.41) is 12.4. The molecule has 0 spiro atoms. The first kappa shape index (κ1) is 15.1. The van der Waals surface area contributed by atoms with Gasteiger partial charge < -0.3 is 10.4 Å². The summed E-state index contributed by atoms with van der Waals surface area (Å²) in [4.78, 5) is 12.3. The monoisotopic (exact) mass is 267 g/mol. The molecule has 1 rings (SSSR count). The number of rotatable bonds is 8. The second-order valence-corrected chi connectivity index (χ2v) is 5.80. The van der Waals surface area contributed by atoms with Gasteiger partial charge in [0.15, 0.2) is 0 Å². The fourth-order valence-electron chi connectivity index (χ4n) is 1.48. The molecule has 0 saturated heterocycles. The van der Waals surface area contributed by atoms with Gasteiger partial charge in [0, 0.05) is 17.2 Å². The number of carboxylic acids is 1. The summed E-state index contributed by atoms with van der Waals surface area (Å²) < 4.78 is 0. The van der Waals surface area contributed by atoms with Crippen molar-refractivity contribution in [2.75, 3.05) is 18.8 Å². The van der Waals surface area contributed by atoms with Crippen LogP contribution in [0.5, 0.6) is 0 Å². The summed E-state index contributed by atoms with van der Waals surface area (Å²) in [5.74, 6) is 0.0784. The van der Waals surface area contributed by atoms with Crippen LogP contribution >= 0.6 is 11.8 Å². The SMILES string of the molecule is CC(C)CNCC(CSc1ccccc1)C(=O)O. The van der Waals surface area contributed by atoms with Crippen LogP contribution in [-0.4, -0.2) is 29.9 Å². The number of hydrogen-bond acceptors (Lipinski definition) is 3. The molecular weight excluding hydrogens is 246 g/mol. The third-order valence-electron chi connectivity index (χ3n) is 2.49. The predicted molar refractivity (Wildman–Crippen MR) is 76.0 cm³/mol. The Morgan fingerprint density at radius 2 is 1.94 bits per heavy atom. The lowest BCUT2D eigenvalue weighted by Gasteiger charge is -2.14. The first-order valence-corrected chi connectivity index (χ1v) is 7.19. The highest BCUT2D eigenvalue weighted by Crippen LogP contribution is 2.20. The number of thioether (sulfide) groups is 1. The minimum absolute atomic E-state index is 0.339. The maximum Gasteiger partial charge on any atom is 0.308 e. The molecule has 1 aromatic carbocycles. The Morgan fingerprint density at radius 1 is 1.28 bits per heavy atom. The van der Waals surface area contributed by atoms with Gasteiger partial charge in [-0.05, 0) is 24.6 Å². The molecule has 100 valence electrons.